The van der Waals surface area contributed by atoms with Crippen LogP contribution in [0.2, 0.25) is 0 Å². The molecule has 5 heteroatoms. The summed E-state index contributed by atoms with van der Waals surface area (Å²) in [4.78, 5) is 28.1. The molecule has 124 valence electrons. The summed E-state index contributed by atoms with van der Waals surface area (Å²) in [6, 6.07) is 5.70. The lowest BCUT2D eigenvalue weighted by Gasteiger charge is -2.17. The molecule has 0 saturated carbocycles. The number of rotatable bonds is 3. The second-order valence-electron chi connectivity index (χ2n) is 7.15. The van der Waals surface area contributed by atoms with Gasteiger partial charge in [0, 0.05) is 48.7 Å². The average molecular weight is 322 g/mol. The summed E-state index contributed by atoms with van der Waals surface area (Å²) in [6.45, 7) is 5.85. The molecule has 0 aromatic carbocycles. The molecular formula is C19H22N4O. The van der Waals surface area contributed by atoms with Crippen molar-refractivity contribution in [3.63, 3.8) is 0 Å². The minimum atomic E-state index is 0.171. The number of carbonyl (C=O) groups excluding carboxylic acids is 1. The van der Waals surface area contributed by atoms with E-state index in [0.717, 1.165) is 31.0 Å². The van der Waals surface area contributed by atoms with Crippen molar-refractivity contribution in [2.75, 3.05) is 13.1 Å². The van der Waals surface area contributed by atoms with E-state index in [-0.39, 0.29) is 5.91 Å². The van der Waals surface area contributed by atoms with Crippen molar-refractivity contribution in [1.29, 1.82) is 0 Å². The molecule has 24 heavy (non-hydrogen) atoms. The second kappa shape index (κ2) is 5.96. The average Bonchev–Trinajstić information content (AvgIpc) is 3.12. The third-order valence-electron chi connectivity index (χ3n) is 5.14. The normalized spacial score (nSPS) is 21.9. The molecule has 3 heterocycles. The molecule has 2 aromatic heterocycles. The fourth-order valence-corrected chi connectivity index (χ4v) is 3.85. The Morgan fingerprint density at radius 3 is 2.92 bits per heavy atom. The highest BCUT2D eigenvalue weighted by atomic mass is 16.2. The molecule has 0 N–H and O–H groups in total. The number of likely N-dealkylation sites (tertiary alicyclic amines) is 1. The highest BCUT2D eigenvalue weighted by molar-refractivity contribution is 5.79. The van der Waals surface area contributed by atoms with Crippen LogP contribution < -0.4 is 0 Å². The maximum Gasteiger partial charge on any atom is 0.228 e. The fraction of sp³-hybridized carbons (Fsp3) is 0.474. The zero-order valence-corrected chi connectivity index (χ0v) is 14.1. The fourth-order valence-electron chi connectivity index (χ4n) is 3.85. The molecule has 5 nitrogen and oxygen atoms in total. The molecule has 0 spiro atoms. The zero-order valence-electron chi connectivity index (χ0n) is 14.1. The number of aromatic nitrogens is 3. The molecule has 4 rings (SSSR count). The van der Waals surface area contributed by atoms with Crippen LogP contribution in [0.4, 0.5) is 0 Å². The molecule has 1 aliphatic heterocycles. The van der Waals surface area contributed by atoms with Crippen molar-refractivity contribution >= 4 is 5.91 Å². The Morgan fingerprint density at radius 1 is 1.29 bits per heavy atom. The molecule has 1 amide bonds. The number of hydrogen-bond acceptors (Lipinski definition) is 4. The lowest BCUT2D eigenvalue weighted by atomic mass is 9.97. The van der Waals surface area contributed by atoms with Gasteiger partial charge in [-0.2, -0.15) is 0 Å². The molecule has 0 radical (unpaired) electrons. The van der Waals surface area contributed by atoms with Gasteiger partial charge in [0.05, 0.1) is 6.42 Å². The van der Waals surface area contributed by atoms with Crippen LogP contribution in [0.25, 0.3) is 0 Å². The molecule has 1 fully saturated rings. The lowest BCUT2D eigenvalue weighted by Crippen LogP contribution is -2.31. The Bertz CT molecular complexity index is 759. The van der Waals surface area contributed by atoms with E-state index in [1.54, 1.807) is 6.20 Å². The summed E-state index contributed by atoms with van der Waals surface area (Å²) in [7, 11) is 0. The number of hydrogen-bond donors (Lipinski definition) is 0. The third kappa shape index (κ3) is 2.68. The van der Waals surface area contributed by atoms with Crippen molar-refractivity contribution in [3.8, 4) is 0 Å². The van der Waals surface area contributed by atoms with Gasteiger partial charge in [-0.1, -0.05) is 19.9 Å². The number of nitrogens with zero attached hydrogens (tertiary/aromatic N) is 4. The predicted octanol–water partition coefficient (Wildman–Crippen LogP) is 2.34. The van der Waals surface area contributed by atoms with Crippen molar-refractivity contribution in [2.24, 2.45) is 5.92 Å². The number of amides is 1. The third-order valence-corrected chi connectivity index (χ3v) is 5.14. The van der Waals surface area contributed by atoms with E-state index in [9.17, 15) is 4.79 Å². The van der Waals surface area contributed by atoms with Crippen LogP contribution in [-0.4, -0.2) is 38.8 Å². The Morgan fingerprint density at radius 2 is 2.17 bits per heavy atom. The SMILES string of the molecule is CC(C)c1ncc2c(n1)CC1CN(C(=O)Cc3ccccn3)CC21. The van der Waals surface area contributed by atoms with E-state index in [1.807, 2.05) is 29.3 Å². The Labute approximate surface area is 142 Å². The van der Waals surface area contributed by atoms with Gasteiger partial charge in [-0.3, -0.25) is 9.78 Å². The molecule has 2 atom stereocenters. The van der Waals surface area contributed by atoms with Crippen molar-refractivity contribution in [2.45, 2.75) is 38.5 Å². The largest absolute Gasteiger partial charge is 0.341 e. The van der Waals surface area contributed by atoms with E-state index in [4.69, 9.17) is 4.98 Å². The number of pyridine rings is 1. The van der Waals surface area contributed by atoms with Gasteiger partial charge in [0.25, 0.3) is 0 Å². The molecule has 1 aliphatic carbocycles. The van der Waals surface area contributed by atoms with Gasteiger partial charge in [0.15, 0.2) is 0 Å². The van der Waals surface area contributed by atoms with E-state index in [2.05, 4.69) is 23.8 Å². The van der Waals surface area contributed by atoms with Gasteiger partial charge in [0.2, 0.25) is 5.91 Å². The summed E-state index contributed by atoms with van der Waals surface area (Å²) in [6.07, 6.45) is 5.09. The molecule has 1 saturated heterocycles. The van der Waals surface area contributed by atoms with E-state index in [0.29, 0.717) is 24.2 Å². The first-order chi connectivity index (χ1) is 11.6. The minimum absolute atomic E-state index is 0.171. The topological polar surface area (TPSA) is 59.0 Å². The maximum absolute atomic E-state index is 12.6. The van der Waals surface area contributed by atoms with Crippen molar-refractivity contribution in [1.82, 2.24) is 19.9 Å². The van der Waals surface area contributed by atoms with Gasteiger partial charge < -0.3 is 4.90 Å². The maximum atomic E-state index is 12.6. The quantitative estimate of drug-likeness (QED) is 0.870. The van der Waals surface area contributed by atoms with Gasteiger partial charge in [0.1, 0.15) is 5.82 Å². The van der Waals surface area contributed by atoms with Gasteiger partial charge in [-0.15, -0.1) is 0 Å². The molecule has 2 aromatic rings. The van der Waals surface area contributed by atoms with Crippen LogP contribution in [0.1, 0.15) is 48.5 Å². The first-order valence-corrected chi connectivity index (χ1v) is 8.65. The Hall–Kier alpha value is -2.30. The highest BCUT2D eigenvalue weighted by Gasteiger charge is 2.42. The predicted molar refractivity (Wildman–Crippen MR) is 90.6 cm³/mol. The van der Waals surface area contributed by atoms with Crippen LogP contribution in [0, 0.1) is 5.92 Å². The summed E-state index contributed by atoms with van der Waals surface area (Å²) in [5.74, 6) is 2.34. The van der Waals surface area contributed by atoms with Crippen LogP contribution in [0.15, 0.2) is 30.6 Å². The van der Waals surface area contributed by atoms with Crippen LogP contribution in [0.3, 0.4) is 0 Å². The second-order valence-corrected chi connectivity index (χ2v) is 7.15. The van der Waals surface area contributed by atoms with Gasteiger partial charge in [-0.05, 0) is 30.0 Å². The summed E-state index contributed by atoms with van der Waals surface area (Å²) < 4.78 is 0. The van der Waals surface area contributed by atoms with E-state index in [1.165, 1.54) is 11.3 Å². The summed E-state index contributed by atoms with van der Waals surface area (Å²) in [5.41, 5.74) is 3.28. The standard InChI is InChI=1S/C19H22N4O/c1-12(2)19-21-9-15-16-11-23(10-13(16)7-17(15)22-19)18(24)8-14-5-3-4-6-20-14/h3-6,9,12-13,16H,7-8,10-11H2,1-2H3. The Kier molecular flexibility index (Phi) is 3.79. The number of fused-ring (bicyclic) bond motifs is 3. The van der Waals surface area contributed by atoms with Crippen LogP contribution in [-0.2, 0) is 17.6 Å². The smallest absolute Gasteiger partial charge is 0.228 e. The lowest BCUT2D eigenvalue weighted by molar-refractivity contribution is -0.129. The van der Waals surface area contributed by atoms with Gasteiger partial charge in [-0.25, -0.2) is 9.97 Å². The van der Waals surface area contributed by atoms with Crippen LogP contribution in [0.5, 0.6) is 0 Å². The summed E-state index contributed by atoms with van der Waals surface area (Å²) >= 11 is 0. The number of carbonyl (C=O) groups is 1. The molecule has 0 bridgehead atoms. The monoisotopic (exact) mass is 322 g/mol. The Balaban J connectivity index is 1.47. The van der Waals surface area contributed by atoms with E-state index >= 15 is 0 Å². The van der Waals surface area contributed by atoms with Crippen molar-refractivity contribution in [3.05, 3.63) is 53.4 Å². The summed E-state index contributed by atoms with van der Waals surface area (Å²) in [5, 5.41) is 0. The van der Waals surface area contributed by atoms with Crippen molar-refractivity contribution < 1.29 is 4.79 Å². The first kappa shape index (κ1) is 15.2. The molecule has 2 unspecified atom stereocenters. The molecular weight excluding hydrogens is 300 g/mol. The zero-order chi connectivity index (χ0) is 16.7. The first-order valence-electron chi connectivity index (χ1n) is 8.65. The molecule has 2 aliphatic rings. The highest BCUT2D eigenvalue weighted by Crippen LogP contribution is 2.42. The minimum Gasteiger partial charge on any atom is -0.341 e. The van der Waals surface area contributed by atoms with E-state index < -0.39 is 0 Å². The van der Waals surface area contributed by atoms with Gasteiger partial charge >= 0.3 is 0 Å². The van der Waals surface area contributed by atoms with Crippen LogP contribution >= 0.6 is 0 Å².